The standard InChI is InChI=1S/C9H19O5P/c1-4-13-15(10,14-5-2)9(3)8-11-6-7-12-9/h4-8H2,1-3H3. The molecule has 0 aliphatic carbocycles. The van der Waals surface area contributed by atoms with Crippen LogP contribution in [0.1, 0.15) is 20.8 Å². The van der Waals surface area contributed by atoms with Gasteiger partial charge in [-0.3, -0.25) is 4.57 Å². The molecule has 90 valence electrons. The maximum absolute atomic E-state index is 12.4. The highest BCUT2D eigenvalue weighted by atomic mass is 31.2. The van der Waals surface area contributed by atoms with E-state index in [1.165, 1.54) is 0 Å². The summed E-state index contributed by atoms with van der Waals surface area (Å²) in [5.74, 6) is 0. The Labute approximate surface area is 90.6 Å². The summed E-state index contributed by atoms with van der Waals surface area (Å²) in [5.41, 5.74) is 0. The van der Waals surface area contributed by atoms with Gasteiger partial charge in [-0.1, -0.05) is 0 Å². The lowest BCUT2D eigenvalue weighted by atomic mass is 10.4. The fourth-order valence-corrected chi connectivity index (χ4v) is 3.23. The Bertz CT molecular complexity index is 227. The Balaban J connectivity index is 2.80. The van der Waals surface area contributed by atoms with E-state index in [-0.39, 0.29) is 6.61 Å². The van der Waals surface area contributed by atoms with E-state index < -0.39 is 12.9 Å². The van der Waals surface area contributed by atoms with E-state index in [1.54, 1.807) is 20.8 Å². The summed E-state index contributed by atoms with van der Waals surface area (Å²) in [4.78, 5) is 0. The van der Waals surface area contributed by atoms with Crippen molar-refractivity contribution in [1.29, 1.82) is 0 Å². The maximum atomic E-state index is 12.4. The summed E-state index contributed by atoms with van der Waals surface area (Å²) in [5, 5.41) is -0.975. The van der Waals surface area contributed by atoms with Crippen LogP contribution < -0.4 is 0 Å². The summed E-state index contributed by atoms with van der Waals surface area (Å²) in [7, 11) is -3.25. The molecule has 0 bridgehead atoms. The van der Waals surface area contributed by atoms with Crippen LogP contribution in [0.25, 0.3) is 0 Å². The Kier molecular flexibility index (Phi) is 4.74. The van der Waals surface area contributed by atoms with Crippen LogP contribution in [-0.2, 0) is 23.1 Å². The van der Waals surface area contributed by atoms with Crippen LogP contribution in [0.3, 0.4) is 0 Å². The zero-order chi connectivity index (χ0) is 11.4. The first-order chi connectivity index (χ1) is 7.08. The molecule has 6 heteroatoms. The highest BCUT2D eigenvalue weighted by molar-refractivity contribution is 7.55. The molecule has 0 aromatic heterocycles. The predicted molar refractivity (Wildman–Crippen MR) is 56.0 cm³/mol. The van der Waals surface area contributed by atoms with Crippen LogP contribution in [-0.4, -0.2) is 38.4 Å². The molecule has 0 aromatic carbocycles. The molecular formula is C9H19O5P. The molecule has 1 atom stereocenters. The third kappa shape index (κ3) is 2.80. The van der Waals surface area contributed by atoms with Crippen molar-refractivity contribution in [3.8, 4) is 0 Å². The molecule has 1 unspecified atom stereocenters. The predicted octanol–water partition coefficient (Wildman–Crippen LogP) is 2.02. The van der Waals surface area contributed by atoms with Gasteiger partial charge in [0, 0.05) is 0 Å². The smallest absolute Gasteiger partial charge is 0.364 e. The second kappa shape index (κ2) is 5.41. The van der Waals surface area contributed by atoms with Gasteiger partial charge < -0.3 is 18.5 Å². The number of rotatable bonds is 5. The van der Waals surface area contributed by atoms with Crippen molar-refractivity contribution in [3.05, 3.63) is 0 Å². The van der Waals surface area contributed by atoms with Crippen LogP contribution in [0.2, 0.25) is 0 Å². The van der Waals surface area contributed by atoms with E-state index in [9.17, 15) is 4.57 Å². The Morgan fingerprint density at radius 1 is 1.27 bits per heavy atom. The van der Waals surface area contributed by atoms with Crippen molar-refractivity contribution in [1.82, 2.24) is 0 Å². The first kappa shape index (κ1) is 13.1. The fourth-order valence-electron chi connectivity index (χ4n) is 1.43. The summed E-state index contributed by atoms with van der Waals surface area (Å²) in [6.07, 6.45) is 0. The molecule has 1 aliphatic rings. The minimum Gasteiger partial charge on any atom is -0.375 e. The van der Waals surface area contributed by atoms with Gasteiger partial charge in [0.15, 0.2) is 5.34 Å². The molecule has 0 amide bonds. The van der Waals surface area contributed by atoms with Gasteiger partial charge in [-0.2, -0.15) is 0 Å². The molecule has 1 aliphatic heterocycles. The minimum atomic E-state index is -3.25. The molecule has 1 rings (SSSR count). The molecule has 15 heavy (non-hydrogen) atoms. The van der Waals surface area contributed by atoms with Crippen molar-refractivity contribution >= 4 is 7.60 Å². The number of hydrogen-bond donors (Lipinski definition) is 0. The highest BCUT2D eigenvalue weighted by Gasteiger charge is 2.50. The van der Waals surface area contributed by atoms with E-state index in [4.69, 9.17) is 18.5 Å². The summed E-state index contributed by atoms with van der Waals surface area (Å²) in [6.45, 7) is 7.10. The largest absolute Gasteiger partial charge is 0.375 e. The van der Waals surface area contributed by atoms with Gasteiger partial charge >= 0.3 is 7.60 Å². The number of ether oxygens (including phenoxy) is 2. The van der Waals surface area contributed by atoms with E-state index in [0.717, 1.165) is 0 Å². The fraction of sp³-hybridized carbons (Fsp3) is 1.00. The molecule has 0 N–H and O–H groups in total. The molecule has 1 fully saturated rings. The lowest BCUT2D eigenvalue weighted by Crippen LogP contribution is -2.41. The van der Waals surface area contributed by atoms with E-state index in [2.05, 4.69) is 0 Å². The Morgan fingerprint density at radius 2 is 1.87 bits per heavy atom. The van der Waals surface area contributed by atoms with Crippen molar-refractivity contribution < 1.29 is 23.1 Å². The van der Waals surface area contributed by atoms with Crippen LogP contribution in [0, 0.1) is 0 Å². The average Bonchev–Trinajstić information content (AvgIpc) is 2.19. The van der Waals surface area contributed by atoms with Gasteiger partial charge in [0.25, 0.3) is 0 Å². The average molecular weight is 238 g/mol. The lowest BCUT2D eigenvalue weighted by Gasteiger charge is -2.37. The van der Waals surface area contributed by atoms with Gasteiger partial charge in [0.1, 0.15) is 0 Å². The Morgan fingerprint density at radius 3 is 2.27 bits per heavy atom. The zero-order valence-electron chi connectivity index (χ0n) is 9.52. The van der Waals surface area contributed by atoms with Gasteiger partial charge in [0.2, 0.25) is 0 Å². The van der Waals surface area contributed by atoms with E-state index in [0.29, 0.717) is 26.4 Å². The molecule has 5 nitrogen and oxygen atoms in total. The number of hydrogen-bond acceptors (Lipinski definition) is 5. The minimum absolute atomic E-state index is 0.240. The lowest BCUT2D eigenvalue weighted by molar-refractivity contribution is -0.117. The van der Waals surface area contributed by atoms with Crippen LogP contribution in [0.15, 0.2) is 0 Å². The van der Waals surface area contributed by atoms with Crippen molar-refractivity contribution in [2.75, 3.05) is 33.0 Å². The summed E-state index contributed by atoms with van der Waals surface area (Å²) >= 11 is 0. The van der Waals surface area contributed by atoms with Crippen molar-refractivity contribution in [2.45, 2.75) is 26.1 Å². The van der Waals surface area contributed by atoms with Crippen LogP contribution in [0.4, 0.5) is 0 Å². The quantitative estimate of drug-likeness (QED) is 0.686. The SMILES string of the molecule is CCOP(=O)(OCC)C1(C)COCCO1. The van der Waals surface area contributed by atoms with Gasteiger partial charge in [-0.15, -0.1) is 0 Å². The molecule has 0 saturated carbocycles. The Hall–Kier alpha value is 0.0700. The third-order valence-electron chi connectivity index (χ3n) is 2.19. The monoisotopic (exact) mass is 238 g/mol. The van der Waals surface area contributed by atoms with Crippen LogP contribution in [0.5, 0.6) is 0 Å². The van der Waals surface area contributed by atoms with Crippen LogP contribution >= 0.6 is 7.60 Å². The topological polar surface area (TPSA) is 54.0 Å². The first-order valence-electron chi connectivity index (χ1n) is 5.19. The molecule has 0 radical (unpaired) electrons. The molecule has 0 spiro atoms. The van der Waals surface area contributed by atoms with Gasteiger partial charge in [-0.25, -0.2) is 0 Å². The van der Waals surface area contributed by atoms with Gasteiger partial charge in [0.05, 0.1) is 33.0 Å². The summed E-state index contributed by atoms with van der Waals surface area (Å²) in [6, 6.07) is 0. The van der Waals surface area contributed by atoms with Crippen molar-refractivity contribution in [3.63, 3.8) is 0 Å². The third-order valence-corrected chi connectivity index (χ3v) is 4.80. The van der Waals surface area contributed by atoms with E-state index in [1.807, 2.05) is 0 Å². The highest BCUT2D eigenvalue weighted by Crippen LogP contribution is 2.61. The van der Waals surface area contributed by atoms with Gasteiger partial charge in [-0.05, 0) is 20.8 Å². The molecular weight excluding hydrogens is 219 g/mol. The molecule has 0 aromatic rings. The van der Waals surface area contributed by atoms with E-state index >= 15 is 0 Å². The van der Waals surface area contributed by atoms with Crippen molar-refractivity contribution in [2.24, 2.45) is 0 Å². The second-order valence-electron chi connectivity index (χ2n) is 3.41. The first-order valence-corrected chi connectivity index (χ1v) is 6.73. The molecule has 1 heterocycles. The molecule has 1 saturated heterocycles. The zero-order valence-corrected chi connectivity index (χ0v) is 10.4. The normalized spacial score (nSPS) is 27.9. The second-order valence-corrected chi connectivity index (χ2v) is 5.87. The maximum Gasteiger partial charge on any atom is 0.364 e. The summed E-state index contributed by atoms with van der Waals surface area (Å²) < 4.78 is 33.7.